The van der Waals surface area contributed by atoms with Crippen LogP contribution in [-0.4, -0.2) is 57.6 Å². The first-order chi connectivity index (χ1) is 12.3. The topological polar surface area (TPSA) is 64.1 Å². The van der Waals surface area contributed by atoms with Gasteiger partial charge in [0.1, 0.15) is 0 Å². The van der Waals surface area contributed by atoms with E-state index in [1.165, 1.54) is 5.56 Å². The van der Waals surface area contributed by atoms with Gasteiger partial charge in [-0.2, -0.15) is 0 Å². The van der Waals surface area contributed by atoms with E-state index < -0.39 is 0 Å². The Labute approximate surface area is 151 Å². The zero-order valence-electron chi connectivity index (χ0n) is 15.4. The molecule has 0 radical (unpaired) electrons. The fourth-order valence-corrected chi connectivity index (χ4v) is 2.51. The van der Waals surface area contributed by atoms with E-state index in [1.807, 2.05) is 18.2 Å². The molecule has 1 aliphatic heterocycles. The van der Waals surface area contributed by atoms with Gasteiger partial charge in [-0.1, -0.05) is 30.3 Å². The lowest BCUT2D eigenvalue weighted by atomic mass is 10.2. The van der Waals surface area contributed by atoms with Crippen LogP contribution in [0.15, 0.2) is 35.3 Å². The summed E-state index contributed by atoms with van der Waals surface area (Å²) in [5, 5.41) is 6.62. The molecule has 2 N–H and O–H groups in total. The van der Waals surface area contributed by atoms with Gasteiger partial charge < -0.3 is 24.8 Å². The summed E-state index contributed by atoms with van der Waals surface area (Å²) in [5.74, 6) is 0.796. The van der Waals surface area contributed by atoms with Crippen LogP contribution in [0, 0.1) is 0 Å². The summed E-state index contributed by atoms with van der Waals surface area (Å²) in [6.07, 6.45) is 1.22. The highest BCUT2D eigenvalue weighted by Crippen LogP contribution is 2.08. The van der Waals surface area contributed by atoms with E-state index in [4.69, 9.17) is 14.2 Å². The van der Waals surface area contributed by atoms with E-state index >= 15 is 0 Å². The maximum Gasteiger partial charge on any atom is 0.191 e. The van der Waals surface area contributed by atoms with E-state index in [1.54, 1.807) is 0 Å². The molecule has 2 unspecified atom stereocenters. The minimum atomic E-state index is 0.184. The Balaban J connectivity index is 1.64. The zero-order chi connectivity index (χ0) is 17.7. The van der Waals surface area contributed by atoms with E-state index in [0.29, 0.717) is 33.0 Å². The highest BCUT2D eigenvalue weighted by atomic mass is 16.5. The van der Waals surface area contributed by atoms with Gasteiger partial charge in [0.25, 0.3) is 0 Å². The Morgan fingerprint density at radius 3 is 2.92 bits per heavy atom. The van der Waals surface area contributed by atoms with E-state index in [9.17, 15) is 0 Å². The normalized spacial score (nSPS) is 19.0. The summed E-state index contributed by atoms with van der Waals surface area (Å²) in [4.78, 5) is 4.55. The van der Waals surface area contributed by atoms with Crippen molar-refractivity contribution in [3.8, 4) is 0 Å². The lowest BCUT2D eigenvalue weighted by Gasteiger charge is -2.19. The molecule has 0 aromatic heterocycles. The third-order valence-corrected chi connectivity index (χ3v) is 3.81. The van der Waals surface area contributed by atoms with Crippen molar-refractivity contribution in [2.24, 2.45) is 4.99 Å². The van der Waals surface area contributed by atoms with Crippen LogP contribution >= 0.6 is 0 Å². The zero-order valence-corrected chi connectivity index (χ0v) is 15.4. The van der Waals surface area contributed by atoms with Crippen LogP contribution in [-0.2, 0) is 20.8 Å². The van der Waals surface area contributed by atoms with Gasteiger partial charge in [-0.25, -0.2) is 0 Å². The minimum Gasteiger partial charge on any atom is -0.379 e. The molecule has 140 valence electrons. The molecule has 0 bridgehead atoms. The Morgan fingerprint density at radius 1 is 1.36 bits per heavy atom. The predicted molar refractivity (Wildman–Crippen MR) is 99.9 cm³/mol. The molecule has 1 aromatic rings. The summed E-state index contributed by atoms with van der Waals surface area (Å²) in [7, 11) is 0. The molecular formula is C19H31N3O3. The smallest absolute Gasteiger partial charge is 0.191 e. The van der Waals surface area contributed by atoms with Gasteiger partial charge in [-0.05, 0) is 25.8 Å². The fourth-order valence-electron chi connectivity index (χ4n) is 2.51. The first-order valence-corrected chi connectivity index (χ1v) is 9.13. The average molecular weight is 349 g/mol. The number of hydrogen-bond acceptors (Lipinski definition) is 4. The van der Waals surface area contributed by atoms with Crippen LogP contribution < -0.4 is 10.6 Å². The predicted octanol–water partition coefficient (Wildman–Crippen LogP) is 1.95. The lowest BCUT2D eigenvalue weighted by molar-refractivity contribution is 0.0347. The molecule has 0 amide bonds. The van der Waals surface area contributed by atoms with Gasteiger partial charge in [-0.15, -0.1) is 0 Å². The van der Waals surface area contributed by atoms with Crippen molar-refractivity contribution in [2.75, 3.05) is 39.5 Å². The molecule has 1 saturated heterocycles. The van der Waals surface area contributed by atoms with Crippen molar-refractivity contribution in [3.05, 3.63) is 35.9 Å². The molecule has 1 aliphatic rings. The van der Waals surface area contributed by atoms with Crippen molar-refractivity contribution < 1.29 is 14.2 Å². The van der Waals surface area contributed by atoms with Crippen LogP contribution in [0.5, 0.6) is 0 Å². The molecule has 0 aliphatic carbocycles. The van der Waals surface area contributed by atoms with Crippen molar-refractivity contribution in [3.63, 3.8) is 0 Å². The minimum absolute atomic E-state index is 0.184. The first-order valence-electron chi connectivity index (χ1n) is 9.13. The molecule has 25 heavy (non-hydrogen) atoms. The van der Waals surface area contributed by atoms with Gasteiger partial charge in [0.05, 0.1) is 39.1 Å². The summed E-state index contributed by atoms with van der Waals surface area (Å²) in [6.45, 7) is 8.95. The number of benzene rings is 1. The second-order valence-corrected chi connectivity index (χ2v) is 6.16. The third kappa shape index (κ3) is 8.34. The molecule has 6 heteroatoms. The summed E-state index contributed by atoms with van der Waals surface area (Å²) < 4.78 is 16.8. The number of aliphatic imine (C=N–C) groups is 1. The van der Waals surface area contributed by atoms with Gasteiger partial charge in [0.2, 0.25) is 0 Å². The second-order valence-electron chi connectivity index (χ2n) is 6.16. The van der Waals surface area contributed by atoms with Crippen LogP contribution in [0.4, 0.5) is 0 Å². The monoisotopic (exact) mass is 349 g/mol. The first kappa shape index (κ1) is 19.7. The molecule has 6 nitrogen and oxygen atoms in total. The summed E-state index contributed by atoms with van der Waals surface area (Å²) >= 11 is 0. The Morgan fingerprint density at radius 2 is 2.20 bits per heavy atom. The number of hydrogen-bond donors (Lipinski definition) is 2. The fraction of sp³-hybridized carbons (Fsp3) is 0.632. The average Bonchev–Trinajstić information content (AvgIpc) is 3.14. The SMILES string of the molecule is CCNC(=NCCOCc1ccccc1)NC(C)COC1CCOC1. The second kappa shape index (κ2) is 11.8. The third-order valence-electron chi connectivity index (χ3n) is 3.81. The molecule has 2 rings (SSSR count). The molecular weight excluding hydrogens is 318 g/mol. The quantitative estimate of drug-likeness (QED) is 0.384. The highest BCUT2D eigenvalue weighted by Gasteiger charge is 2.17. The molecule has 2 atom stereocenters. The maximum absolute atomic E-state index is 5.84. The largest absolute Gasteiger partial charge is 0.379 e. The van der Waals surface area contributed by atoms with Gasteiger partial charge in [0, 0.05) is 19.2 Å². The number of rotatable bonds is 10. The molecule has 0 saturated carbocycles. The van der Waals surface area contributed by atoms with Crippen molar-refractivity contribution >= 4 is 5.96 Å². The van der Waals surface area contributed by atoms with Gasteiger partial charge in [-0.3, -0.25) is 4.99 Å². The van der Waals surface area contributed by atoms with Crippen LogP contribution in [0.3, 0.4) is 0 Å². The van der Waals surface area contributed by atoms with Crippen LogP contribution in [0.1, 0.15) is 25.8 Å². The molecule has 1 fully saturated rings. The van der Waals surface area contributed by atoms with E-state index in [0.717, 1.165) is 25.5 Å². The molecule has 1 aromatic carbocycles. The van der Waals surface area contributed by atoms with E-state index in [-0.39, 0.29) is 12.1 Å². The van der Waals surface area contributed by atoms with Crippen molar-refractivity contribution in [1.82, 2.24) is 10.6 Å². The Kier molecular flexibility index (Phi) is 9.33. The Hall–Kier alpha value is -1.63. The number of ether oxygens (including phenoxy) is 3. The Bertz CT molecular complexity index is 490. The number of nitrogens with one attached hydrogen (secondary N) is 2. The van der Waals surface area contributed by atoms with Gasteiger partial charge in [0.15, 0.2) is 5.96 Å². The maximum atomic E-state index is 5.84. The number of nitrogens with zero attached hydrogens (tertiary/aromatic N) is 1. The lowest BCUT2D eigenvalue weighted by Crippen LogP contribution is -2.44. The van der Waals surface area contributed by atoms with Gasteiger partial charge >= 0.3 is 0 Å². The summed E-state index contributed by atoms with van der Waals surface area (Å²) in [5.41, 5.74) is 1.18. The molecule has 1 heterocycles. The summed E-state index contributed by atoms with van der Waals surface area (Å²) in [6, 6.07) is 10.4. The number of guanidine groups is 1. The van der Waals surface area contributed by atoms with Crippen LogP contribution in [0.2, 0.25) is 0 Å². The molecule has 0 spiro atoms. The standard InChI is InChI=1S/C19H31N3O3/c1-3-20-19(22-16(2)13-25-18-9-11-23-15-18)21-10-12-24-14-17-7-5-4-6-8-17/h4-8,16,18H,3,9-15H2,1-2H3,(H2,20,21,22). The van der Waals surface area contributed by atoms with E-state index in [2.05, 4.69) is 41.6 Å². The van der Waals surface area contributed by atoms with Crippen molar-refractivity contribution in [1.29, 1.82) is 0 Å². The van der Waals surface area contributed by atoms with Crippen molar-refractivity contribution in [2.45, 2.75) is 39.0 Å². The highest BCUT2D eigenvalue weighted by molar-refractivity contribution is 5.80. The van der Waals surface area contributed by atoms with Crippen LogP contribution in [0.25, 0.3) is 0 Å².